The molecule has 0 bridgehead atoms. The summed E-state index contributed by atoms with van der Waals surface area (Å²) in [5.74, 6) is 0.0675. The molecule has 21 heavy (non-hydrogen) atoms. The monoisotopic (exact) mass is 295 g/mol. The molecule has 3 atom stereocenters. The molecule has 0 saturated carbocycles. The fraction of sp³-hybridized carbons (Fsp3) is 0.786. The standard InChI is InChI=1S/C14H21N3O4/c1-9(21-13(15)20)8-14-5-3-7-17(14)11(18)10-4-2-6-16(10)12(14)19/h9-10H,2-8H2,1H3,(H2,15,20). The van der Waals surface area contributed by atoms with Crippen LogP contribution in [0.2, 0.25) is 0 Å². The van der Waals surface area contributed by atoms with Gasteiger partial charge in [-0.25, -0.2) is 4.79 Å². The number of carbonyl (C=O) groups excluding carboxylic acids is 3. The highest BCUT2D eigenvalue weighted by Gasteiger charge is 2.59. The van der Waals surface area contributed by atoms with Gasteiger partial charge in [0.1, 0.15) is 17.7 Å². The summed E-state index contributed by atoms with van der Waals surface area (Å²) >= 11 is 0. The number of hydrogen-bond donors (Lipinski definition) is 1. The molecule has 3 saturated heterocycles. The highest BCUT2D eigenvalue weighted by atomic mass is 16.6. The summed E-state index contributed by atoms with van der Waals surface area (Å²) in [6, 6.07) is -0.281. The second-order valence-corrected chi connectivity index (χ2v) is 6.23. The van der Waals surface area contributed by atoms with Gasteiger partial charge in [0.2, 0.25) is 11.8 Å². The topological polar surface area (TPSA) is 92.9 Å². The van der Waals surface area contributed by atoms with E-state index in [1.807, 2.05) is 0 Å². The number of carbonyl (C=O) groups is 3. The molecule has 0 aliphatic carbocycles. The summed E-state index contributed by atoms with van der Waals surface area (Å²) in [6.07, 6.45) is 2.05. The fourth-order valence-corrected chi connectivity index (χ4v) is 4.15. The highest BCUT2D eigenvalue weighted by Crippen LogP contribution is 2.42. The highest BCUT2D eigenvalue weighted by molar-refractivity contribution is 6.00. The second-order valence-electron chi connectivity index (χ2n) is 6.23. The zero-order valence-electron chi connectivity index (χ0n) is 12.2. The molecule has 0 radical (unpaired) electrons. The number of nitrogens with two attached hydrogens (primary N) is 1. The lowest BCUT2D eigenvalue weighted by molar-refractivity contribution is -0.167. The molecule has 3 rings (SSSR count). The lowest BCUT2D eigenvalue weighted by atomic mass is 9.85. The molecule has 3 fully saturated rings. The van der Waals surface area contributed by atoms with Gasteiger partial charge in [0.05, 0.1) is 0 Å². The Bertz CT molecular complexity index is 495. The SMILES string of the molecule is CC(CC12CCCN1C(=O)C1CCCN1C2=O)OC(N)=O. The molecule has 0 aromatic heterocycles. The number of rotatable bonds is 3. The van der Waals surface area contributed by atoms with Gasteiger partial charge in [-0.05, 0) is 32.6 Å². The van der Waals surface area contributed by atoms with Crippen LogP contribution >= 0.6 is 0 Å². The lowest BCUT2D eigenvalue weighted by Crippen LogP contribution is -2.68. The van der Waals surface area contributed by atoms with Gasteiger partial charge in [0.15, 0.2) is 0 Å². The molecule has 3 aliphatic rings. The van der Waals surface area contributed by atoms with Crippen LogP contribution in [0.4, 0.5) is 4.79 Å². The molecule has 0 spiro atoms. The summed E-state index contributed by atoms with van der Waals surface area (Å²) in [6.45, 7) is 2.97. The van der Waals surface area contributed by atoms with Gasteiger partial charge in [0.25, 0.3) is 0 Å². The number of hydrogen-bond acceptors (Lipinski definition) is 4. The summed E-state index contributed by atoms with van der Waals surface area (Å²) in [7, 11) is 0. The lowest BCUT2D eigenvalue weighted by Gasteiger charge is -2.47. The Hall–Kier alpha value is -1.79. The van der Waals surface area contributed by atoms with Crippen molar-refractivity contribution in [3.05, 3.63) is 0 Å². The largest absolute Gasteiger partial charge is 0.447 e. The molecule has 3 unspecified atom stereocenters. The number of primary amides is 1. The van der Waals surface area contributed by atoms with Crippen molar-refractivity contribution in [2.24, 2.45) is 5.73 Å². The first-order chi connectivity index (χ1) is 9.95. The number of nitrogens with zero attached hydrogens (tertiary/aromatic N) is 2. The maximum Gasteiger partial charge on any atom is 0.404 e. The van der Waals surface area contributed by atoms with Gasteiger partial charge in [-0.1, -0.05) is 0 Å². The third kappa shape index (κ3) is 2.06. The Kier molecular flexibility index (Phi) is 3.30. The summed E-state index contributed by atoms with van der Waals surface area (Å²) in [5, 5.41) is 0. The van der Waals surface area contributed by atoms with Crippen LogP contribution in [0.25, 0.3) is 0 Å². The second kappa shape index (κ2) is 4.89. The minimum Gasteiger partial charge on any atom is -0.447 e. The smallest absolute Gasteiger partial charge is 0.404 e. The van der Waals surface area contributed by atoms with Crippen molar-refractivity contribution < 1.29 is 19.1 Å². The molecule has 0 aromatic rings. The van der Waals surface area contributed by atoms with Gasteiger partial charge >= 0.3 is 6.09 Å². The molecule has 3 aliphatic heterocycles. The zero-order chi connectivity index (χ0) is 15.2. The molecule has 7 nitrogen and oxygen atoms in total. The van der Waals surface area contributed by atoms with E-state index in [1.54, 1.807) is 16.7 Å². The third-order valence-corrected chi connectivity index (χ3v) is 4.89. The van der Waals surface area contributed by atoms with E-state index in [2.05, 4.69) is 0 Å². The third-order valence-electron chi connectivity index (χ3n) is 4.89. The van der Waals surface area contributed by atoms with Gasteiger partial charge in [-0.2, -0.15) is 0 Å². The van der Waals surface area contributed by atoms with Crippen LogP contribution in [-0.2, 0) is 14.3 Å². The van der Waals surface area contributed by atoms with Crippen LogP contribution in [0.3, 0.4) is 0 Å². The molecular weight excluding hydrogens is 274 g/mol. The van der Waals surface area contributed by atoms with E-state index in [4.69, 9.17) is 10.5 Å². The van der Waals surface area contributed by atoms with Gasteiger partial charge in [-0.15, -0.1) is 0 Å². The van der Waals surface area contributed by atoms with E-state index in [0.717, 1.165) is 19.3 Å². The first-order valence-electron chi connectivity index (χ1n) is 7.54. The van der Waals surface area contributed by atoms with E-state index in [0.29, 0.717) is 25.9 Å². The Balaban J connectivity index is 1.88. The Morgan fingerprint density at radius 1 is 1.43 bits per heavy atom. The fourth-order valence-electron chi connectivity index (χ4n) is 4.15. The molecule has 3 amide bonds. The van der Waals surface area contributed by atoms with Crippen molar-refractivity contribution in [2.75, 3.05) is 13.1 Å². The normalized spacial score (nSPS) is 32.9. The Morgan fingerprint density at radius 2 is 2.19 bits per heavy atom. The summed E-state index contributed by atoms with van der Waals surface area (Å²) < 4.78 is 4.98. The van der Waals surface area contributed by atoms with Crippen molar-refractivity contribution in [3.63, 3.8) is 0 Å². The van der Waals surface area contributed by atoms with Gasteiger partial charge < -0.3 is 20.3 Å². The van der Waals surface area contributed by atoms with E-state index in [9.17, 15) is 14.4 Å². The predicted octanol–water partition coefficient (Wildman–Crippen LogP) is 0.226. The van der Waals surface area contributed by atoms with Crippen LogP contribution in [-0.4, -0.2) is 58.5 Å². The minimum absolute atomic E-state index is 0.0158. The molecule has 0 aromatic carbocycles. The average Bonchev–Trinajstić information content (AvgIpc) is 3.02. The van der Waals surface area contributed by atoms with E-state index in [1.165, 1.54) is 0 Å². The predicted molar refractivity (Wildman–Crippen MR) is 73.2 cm³/mol. The van der Waals surface area contributed by atoms with Crippen molar-refractivity contribution in [2.45, 2.75) is 56.7 Å². The van der Waals surface area contributed by atoms with Crippen molar-refractivity contribution in [1.29, 1.82) is 0 Å². The number of ether oxygens (including phenoxy) is 1. The van der Waals surface area contributed by atoms with E-state index in [-0.39, 0.29) is 17.9 Å². The Labute approximate surface area is 123 Å². The molecular formula is C14H21N3O4. The summed E-state index contributed by atoms with van der Waals surface area (Å²) in [4.78, 5) is 39.9. The number of amides is 3. The Morgan fingerprint density at radius 3 is 2.90 bits per heavy atom. The van der Waals surface area contributed by atoms with Crippen molar-refractivity contribution in [1.82, 2.24) is 9.80 Å². The van der Waals surface area contributed by atoms with Gasteiger partial charge in [0, 0.05) is 19.5 Å². The first-order valence-corrected chi connectivity index (χ1v) is 7.54. The zero-order valence-corrected chi connectivity index (χ0v) is 12.2. The maximum atomic E-state index is 12.9. The maximum absolute atomic E-state index is 12.9. The van der Waals surface area contributed by atoms with Crippen LogP contribution < -0.4 is 5.73 Å². The van der Waals surface area contributed by atoms with Crippen LogP contribution in [0, 0.1) is 0 Å². The van der Waals surface area contributed by atoms with E-state index < -0.39 is 17.7 Å². The summed E-state index contributed by atoms with van der Waals surface area (Å²) in [5.41, 5.74) is 4.20. The van der Waals surface area contributed by atoms with Crippen LogP contribution in [0.15, 0.2) is 0 Å². The van der Waals surface area contributed by atoms with Gasteiger partial charge in [-0.3, -0.25) is 9.59 Å². The average molecular weight is 295 g/mol. The van der Waals surface area contributed by atoms with Crippen molar-refractivity contribution in [3.8, 4) is 0 Å². The minimum atomic E-state index is -0.850. The molecule has 3 heterocycles. The first kappa shape index (κ1) is 14.2. The number of piperazine rings is 1. The molecule has 116 valence electrons. The quantitative estimate of drug-likeness (QED) is 0.806. The van der Waals surface area contributed by atoms with Crippen LogP contribution in [0.5, 0.6) is 0 Å². The van der Waals surface area contributed by atoms with Crippen molar-refractivity contribution >= 4 is 17.9 Å². The number of fused-ring (bicyclic) bond motifs is 2. The molecule has 2 N–H and O–H groups in total. The molecule has 7 heteroatoms. The van der Waals surface area contributed by atoms with Crippen LogP contribution in [0.1, 0.15) is 39.0 Å². The van der Waals surface area contributed by atoms with E-state index >= 15 is 0 Å².